The fraction of sp³-hybridized carbons (Fsp3) is 0.524. The maximum atomic E-state index is 13.1. The van der Waals surface area contributed by atoms with Crippen molar-refractivity contribution in [3.8, 4) is 5.75 Å². The molecule has 6 heteroatoms. The predicted octanol–water partition coefficient (Wildman–Crippen LogP) is 3.88. The van der Waals surface area contributed by atoms with Gasteiger partial charge in [0.2, 0.25) is 0 Å². The van der Waals surface area contributed by atoms with Crippen LogP contribution >= 0.6 is 11.8 Å². The lowest BCUT2D eigenvalue weighted by Crippen LogP contribution is -2.37. The summed E-state index contributed by atoms with van der Waals surface area (Å²) in [4.78, 5) is 28.0. The lowest BCUT2D eigenvalue weighted by atomic mass is 10.1. The summed E-state index contributed by atoms with van der Waals surface area (Å²) in [7, 11) is 0. The summed E-state index contributed by atoms with van der Waals surface area (Å²) < 4.78 is 11.3. The number of carbonyl (C=O) groups excluding carboxylic acids is 2. The lowest BCUT2D eigenvalue weighted by Gasteiger charge is -2.19. The Bertz CT molecular complexity index is 720. The van der Waals surface area contributed by atoms with Crippen molar-refractivity contribution in [1.82, 2.24) is 4.90 Å². The normalized spacial score (nSPS) is 20.3. The molecule has 1 saturated heterocycles. The molecule has 2 aliphatic heterocycles. The largest absolute Gasteiger partial charge is 0.494 e. The predicted molar refractivity (Wildman–Crippen MR) is 108 cm³/mol. The number of imide groups is 1. The number of nitrogens with zero attached hydrogens (tertiary/aromatic N) is 1. The Labute approximate surface area is 165 Å². The molecule has 27 heavy (non-hydrogen) atoms. The van der Waals surface area contributed by atoms with Gasteiger partial charge in [-0.1, -0.05) is 32.9 Å². The van der Waals surface area contributed by atoms with Gasteiger partial charge in [-0.3, -0.25) is 14.5 Å². The van der Waals surface area contributed by atoms with Gasteiger partial charge in [0.1, 0.15) is 5.75 Å². The van der Waals surface area contributed by atoms with Gasteiger partial charge in [0, 0.05) is 11.9 Å². The quantitative estimate of drug-likeness (QED) is 0.632. The number of benzene rings is 1. The third kappa shape index (κ3) is 4.55. The summed E-state index contributed by atoms with van der Waals surface area (Å²) in [5.74, 6) is 0.351. The van der Waals surface area contributed by atoms with Crippen molar-refractivity contribution in [1.29, 1.82) is 0 Å². The summed E-state index contributed by atoms with van der Waals surface area (Å²) in [5, 5.41) is 0.210. The molecule has 2 aliphatic rings. The van der Waals surface area contributed by atoms with E-state index in [0.29, 0.717) is 30.2 Å². The fourth-order valence-corrected chi connectivity index (χ4v) is 4.25. The second-order valence-corrected chi connectivity index (χ2v) is 8.69. The number of thioether (sulfide) groups is 1. The first kappa shape index (κ1) is 20.0. The van der Waals surface area contributed by atoms with Crippen LogP contribution in [0.3, 0.4) is 0 Å². The van der Waals surface area contributed by atoms with Gasteiger partial charge < -0.3 is 9.47 Å². The number of hydrogen-bond donors (Lipinski definition) is 0. The van der Waals surface area contributed by atoms with Gasteiger partial charge >= 0.3 is 0 Å². The minimum Gasteiger partial charge on any atom is -0.494 e. The van der Waals surface area contributed by atoms with E-state index in [1.807, 2.05) is 38.1 Å². The third-order valence-corrected chi connectivity index (χ3v) is 5.59. The number of rotatable bonds is 8. The molecule has 0 N–H and O–H groups in total. The molecule has 1 unspecified atom stereocenters. The molecule has 146 valence electrons. The van der Waals surface area contributed by atoms with Crippen molar-refractivity contribution in [2.24, 2.45) is 0 Å². The minimum atomic E-state index is -0.221. The maximum Gasteiger partial charge on any atom is 0.268 e. The van der Waals surface area contributed by atoms with E-state index >= 15 is 0 Å². The third-order valence-electron chi connectivity index (χ3n) is 4.51. The van der Waals surface area contributed by atoms with Crippen molar-refractivity contribution in [2.45, 2.75) is 51.4 Å². The molecule has 0 radical (unpaired) electrons. The molecule has 0 aliphatic carbocycles. The monoisotopic (exact) mass is 389 g/mol. The van der Waals surface area contributed by atoms with E-state index in [2.05, 4.69) is 6.92 Å². The van der Waals surface area contributed by atoms with Crippen LogP contribution in [-0.2, 0) is 14.3 Å². The van der Waals surface area contributed by atoms with Crippen molar-refractivity contribution >= 4 is 29.1 Å². The Hall–Kier alpha value is -1.79. The average Bonchev–Trinajstić information content (AvgIpc) is 3.24. The smallest absolute Gasteiger partial charge is 0.268 e. The maximum absolute atomic E-state index is 13.1. The van der Waals surface area contributed by atoms with E-state index in [0.717, 1.165) is 30.6 Å². The van der Waals surface area contributed by atoms with Crippen LogP contribution in [0.5, 0.6) is 5.75 Å². The molecular formula is C21H27NO4S. The first-order valence-corrected chi connectivity index (χ1v) is 10.5. The van der Waals surface area contributed by atoms with Crippen LogP contribution in [0.2, 0.25) is 0 Å². The molecule has 0 saturated carbocycles. The molecule has 2 amide bonds. The zero-order valence-corrected chi connectivity index (χ0v) is 17.0. The van der Waals surface area contributed by atoms with Crippen LogP contribution in [0.25, 0.3) is 5.57 Å². The Morgan fingerprint density at radius 1 is 1.22 bits per heavy atom. The van der Waals surface area contributed by atoms with Crippen LogP contribution in [0.15, 0.2) is 29.2 Å². The first-order valence-electron chi connectivity index (χ1n) is 9.63. The van der Waals surface area contributed by atoms with Crippen LogP contribution < -0.4 is 4.74 Å². The Morgan fingerprint density at radius 3 is 2.56 bits per heavy atom. The molecule has 0 spiro atoms. The van der Waals surface area contributed by atoms with Crippen LogP contribution in [0.4, 0.5) is 0 Å². The molecule has 0 bridgehead atoms. The molecule has 5 nitrogen and oxygen atoms in total. The highest BCUT2D eigenvalue weighted by Crippen LogP contribution is 2.38. The van der Waals surface area contributed by atoms with E-state index in [4.69, 9.17) is 9.47 Å². The average molecular weight is 390 g/mol. The van der Waals surface area contributed by atoms with Gasteiger partial charge in [-0.15, -0.1) is 11.8 Å². The standard InChI is InChI=1S/C21H27NO4S/c1-4-11-25-16-9-7-15(8-10-16)18-19(27-14(2)3)21(24)22(20(18)23)13-17-6-5-12-26-17/h7-10,14,17H,4-6,11-13H2,1-3H3. The Balaban J connectivity index is 1.86. The molecular weight excluding hydrogens is 362 g/mol. The summed E-state index contributed by atoms with van der Waals surface area (Å²) >= 11 is 1.45. The Morgan fingerprint density at radius 2 is 1.96 bits per heavy atom. The Kier molecular flexibility index (Phi) is 6.60. The van der Waals surface area contributed by atoms with Gasteiger partial charge in [-0.2, -0.15) is 0 Å². The summed E-state index contributed by atoms with van der Waals surface area (Å²) in [6, 6.07) is 7.44. The van der Waals surface area contributed by atoms with E-state index in [-0.39, 0.29) is 23.2 Å². The number of carbonyl (C=O) groups is 2. The highest BCUT2D eigenvalue weighted by atomic mass is 32.2. The van der Waals surface area contributed by atoms with Gasteiger partial charge in [0.05, 0.1) is 29.7 Å². The van der Waals surface area contributed by atoms with Gasteiger partial charge in [0.25, 0.3) is 11.8 Å². The van der Waals surface area contributed by atoms with Crippen LogP contribution in [0, 0.1) is 0 Å². The molecule has 1 atom stereocenters. The van der Waals surface area contributed by atoms with Crippen molar-refractivity contribution in [3.63, 3.8) is 0 Å². The molecule has 3 rings (SSSR count). The highest BCUT2D eigenvalue weighted by Gasteiger charge is 2.40. The molecule has 1 fully saturated rings. The minimum absolute atomic E-state index is 0.0487. The van der Waals surface area contributed by atoms with Crippen LogP contribution in [-0.4, -0.2) is 47.8 Å². The first-order chi connectivity index (χ1) is 13.0. The molecule has 1 aromatic rings. The van der Waals surface area contributed by atoms with E-state index in [1.54, 1.807) is 0 Å². The van der Waals surface area contributed by atoms with Crippen molar-refractivity contribution < 1.29 is 19.1 Å². The van der Waals surface area contributed by atoms with Gasteiger partial charge in [0.15, 0.2) is 0 Å². The highest BCUT2D eigenvalue weighted by molar-refractivity contribution is 8.04. The zero-order chi connectivity index (χ0) is 19.4. The van der Waals surface area contributed by atoms with E-state index in [9.17, 15) is 9.59 Å². The van der Waals surface area contributed by atoms with E-state index in [1.165, 1.54) is 16.7 Å². The van der Waals surface area contributed by atoms with Crippen LogP contribution in [0.1, 0.15) is 45.6 Å². The topological polar surface area (TPSA) is 55.8 Å². The second-order valence-electron chi connectivity index (χ2n) is 7.10. The molecule has 1 aromatic carbocycles. The van der Waals surface area contributed by atoms with Crippen molar-refractivity contribution in [3.05, 3.63) is 34.7 Å². The van der Waals surface area contributed by atoms with Crippen molar-refractivity contribution in [2.75, 3.05) is 19.8 Å². The number of amides is 2. The number of hydrogen-bond acceptors (Lipinski definition) is 5. The summed E-state index contributed by atoms with van der Waals surface area (Å²) in [5.41, 5.74) is 1.26. The summed E-state index contributed by atoms with van der Waals surface area (Å²) in [6.45, 7) is 7.80. The number of ether oxygens (including phenoxy) is 2. The molecule has 2 heterocycles. The molecule has 0 aromatic heterocycles. The zero-order valence-electron chi connectivity index (χ0n) is 16.2. The van der Waals surface area contributed by atoms with E-state index < -0.39 is 0 Å². The summed E-state index contributed by atoms with van der Waals surface area (Å²) in [6.07, 6.45) is 2.76. The SMILES string of the molecule is CCCOc1ccc(C2=C(SC(C)C)C(=O)N(CC3CCCO3)C2=O)cc1. The second kappa shape index (κ2) is 8.93. The van der Waals surface area contributed by atoms with Gasteiger partial charge in [-0.05, 0) is 37.0 Å². The van der Waals surface area contributed by atoms with Gasteiger partial charge in [-0.25, -0.2) is 0 Å². The fourth-order valence-electron chi connectivity index (χ4n) is 3.25. The lowest BCUT2D eigenvalue weighted by molar-refractivity contribution is -0.138.